The third-order valence-corrected chi connectivity index (χ3v) is 5.13. The van der Waals surface area contributed by atoms with Gasteiger partial charge in [0.1, 0.15) is 0 Å². The van der Waals surface area contributed by atoms with Gasteiger partial charge in [-0.1, -0.05) is 29.8 Å². The molecule has 0 unspecified atom stereocenters. The van der Waals surface area contributed by atoms with Gasteiger partial charge in [-0.2, -0.15) is 0 Å². The second-order valence-corrected chi connectivity index (χ2v) is 7.20. The van der Waals surface area contributed by atoms with Crippen molar-refractivity contribution in [3.05, 3.63) is 71.5 Å². The van der Waals surface area contributed by atoms with Crippen molar-refractivity contribution in [2.24, 2.45) is 0 Å². The Kier molecular flexibility index (Phi) is 4.86. The van der Waals surface area contributed by atoms with Gasteiger partial charge in [-0.15, -0.1) is 0 Å². The van der Waals surface area contributed by atoms with Crippen LogP contribution in [0.2, 0.25) is 5.02 Å². The van der Waals surface area contributed by atoms with E-state index < -0.39 is 0 Å². The summed E-state index contributed by atoms with van der Waals surface area (Å²) >= 11 is 6.09. The standard InChI is InChI=1S/C21H22ClN3/c22-19-3-1-2-16(12-19)15-25-10-7-20(8-11-25)24-21-5-4-18-14-23-9-6-17(18)13-21/h1-6,9,12-14,20,24H,7-8,10-11,15H2. The Bertz CT molecular complexity index is 856. The highest BCUT2D eigenvalue weighted by molar-refractivity contribution is 6.30. The quantitative estimate of drug-likeness (QED) is 0.719. The molecule has 4 rings (SSSR count). The summed E-state index contributed by atoms with van der Waals surface area (Å²) in [6.45, 7) is 3.21. The first-order valence-electron chi connectivity index (χ1n) is 8.83. The Morgan fingerprint density at radius 1 is 1.04 bits per heavy atom. The van der Waals surface area contributed by atoms with E-state index in [-0.39, 0.29) is 0 Å². The molecule has 0 saturated carbocycles. The number of pyridine rings is 1. The van der Waals surface area contributed by atoms with E-state index in [2.05, 4.69) is 51.6 Å². The Morgan fingerprint density at radius 3 is 2.76 bits per heavy atom. The maximum absolute atomic E-state index is 6.09. The summed E-state index contributed by atoms with van der Waals surface area (Å²) in [5, 5.41) is 6.94. The Morgan fingerprint density at radius 2 is 1.92 bits per heavy atom. The summed E-state index contributed by atoms with van der Waals surface area (Å²) in [5.41, 5.74) is 2.49. The van der Waals surface area contributed by atoms with E-state index in [0.29, 0.717) is 6.04 Å². The largest absolute Gasteiger partial charge is 0.382 e. The number of aromatic nitrogens is 1. The van der Waals surface area contributed by atoms with Crippen LogP contribution in [0.4, 0.5) is 5.69 Å². The Balaban J connectivity index is 1.33. The maximum atomic E-state index is 6.09. The van der Waals surface area contributed by atoms with Crippen molar-refractivity contribution < 1.29 is 0 Å². The van der Waals surface area contributed by atoms with Gasteiger partial charge >= 0.3 is 0 Å². The van der Waals surface area contributed by atoms with Gasteiger partial charge in [0.25, 0.3) is 0 Å². The molecule has 1 aliphatic heterocycles. The molecular formula is C21H22ClN3. The van der Waals surface area contributed by atoms with Gasteiger partial charge in [-0.25, -0.2) is 0 Å². The molecule has 1 saturated heterocycles. The van der Waals surface area contributed by atoms with Crippen molar-refractivity contribution in [3.63, 3.8) is 0 Å². The van der Waals surface area contributed by atoms with E-state index in [0.717, 1.165) is 37.5 Å². The number of hydrogen-bond acceptors (Lipinski definition) is 3. The molecule has 128 valence electrons. The van der Waals surface area contributed by atoms with Gasteiger partial charge in [0, 0.05) is 54.2 Å². The van der Waals surface area contributed by atoms with Crippen LogP contribution in [0.15, 0.2) is 60.9 Å². The fourth-order valence-electron chi connectivity index (χ4n) is 3.54. The molecule has 0 bridgehead atoms. The number of anilines is 1. The smallest absolute Gasteiger partial charge is 0.0409 e. The Hall–Kier alpha value is -2.10. The highest BCUT2D eigenvalue weighted by Gasteiger charge is 2.19. The second-order valence-electron chi connectivity index (χ2n) is 6.76. The van der Waals surface area contributed by atoms with Crippen molar-refractivity contribution in [1.82, 2.24) is 9.88 Å². The summed E-state index contributed by atoms with van der Waals surface area (Å²) in [7, 11) is 0. The van der Waals surface area contributed by atoms with Crippen LogP contribution < -0.4 is 5.32 Å². The zero-order chi connectivity index (χ0) is 17.1. The average molecular weight is 352 g/mol. The van der Waals surface area contributed by atoms with Crippen molar-refractivity contribution in [1.29, 1.82) is 0 Å². The first kappa shape index (κ1) is 16.4. The fraction of sp³-hybridized carbons (Fsp3) is 0.286. The normalized spacial score (nSPS) is 16.2. The lowest BCUT2D eigenvalue weighted by Gasteiger charge is -2.33. The number of piperidine rings is 1. The average Bonchev–Trinajstić information content (AvgIpc) is 2.63. The van der Waals surface area contributed by atoms with E-state index in [1.54, 1.807) is 0 Å². The maximum Gasteiger partial charge on any atom is 0.0409 e. The molecule has 1 N–H and O–H groups in total. The number of likely N-dealkylation sites (tertiary alicyclic amines) is 1. The van der Waals surface area contributed by atoms with Gasteiger partial charge < -0.3 is 5.32 Å². The predicted octanol–water partition coefficient (Wildman–Crippen LogP) is 4.96. The molecule has 0 amide bonds. The van der Waals surface area contributed by atoms with Crippen LogP contribution in [0.5, 0.6) is 0 Å². The number of hydrogen-bond donors (Lipinski definition) is 1. The van der Waals surface area contributed by atoms with Gasteiger partial charge in [-0.3, -0.25) is 9.88 Å². The lowest BCUT2D eigenvalue weighted by atomic mass is 10.0. The number of nitrogens with one attached hydrogen (secondary N) is 1. The number of nitrogens with zero attached hydrogens (tertiary/aromatic N) is 2. The lowest BCUT2D eigenvalue weighted by molar-refractivity contribution is 0.211. The monoisotopic (exact) mass is 351 g/mol. The third kappa shape index (κ3) is 4.12. The molecule has 25 heavy (non-hydrogen) atoms. The third-order valence-electron chi connectivity index (χ3n) is 4.89. The fourth-order valence-corrected chi connectivity index (χ4v) is 3.75. The molecule has 2 heterocycles. The van der Waals surface area contributed by atoms with E-state index in [4.69, 9.17) is 11.6 Å². The summed E-state index contributed by atoms with van der Waals surface area (Å²) in [5.74, 6) is 0. The number of fused-ring (bicyclic) bond motifs is 1. The minimum Gasteiger partial charge on any atom is -0.382 e. The van der Waals surface area contributed by atoms with Crippen molar-refractivity contribution in [2.75, 3.05) is 18.4 Å². The van der Waals surface area contributed by atoms with Gasteiger partial charge in [0.15, 0.2) is 0 Å². The van der Waals surface area contributed by atoms with Crippen molar-refractivity contribution >= 4 is 28.1 Å². The molecule has 1 fully saturated rings. The van der Waals surface area contributed by atoms with Gasteiger partial charge in [0.2, 0.25) is 0 Å². The summed E-state index contributed by atoms with van der Waals surface area (Å²) in [4.78, 5) is 6.68. The minimum absolute atomic E-state index is 0.537. The first-order valence-corrected chi connectivity index (χ1v) is 9.21. The zero-order valence-corrected chi connectivity index (χ0v) is 14.9. The lowest BCUT2D eigenvalue weighted by Crippen LogP contribution is -2.38. The highest BCUT2D eigenvalue weighted by Crippen LogP contribution is 2.22. The summed E-state index contributed by atoms with van der Waals surface area (Å²) < 4.78 is 0. The zero-order valence-electron chi connectivity index (χ0n) is 14.2. The molecule has 0 spiro atoms. The second kappa shape index (κ2) is 7.42. The first-order chi connectivity index (χ1) is 12.3. The van der Waals surface area contributed by atoms with Crippen LogP contribution in [0.25, 0.3) is 10.8 Å². The molecule has 1 aliphatic rings. The number of halogens is 1. The molecule has 1 aromatic heterocycles. The molecule has 0 atom stereocenters. The topological polar surface area (TPSA) is 28.2 Å². The molecule has 4 heteroatoms. The predicted molar refractivity (Wildman–Crippen MR) is 105 cm³/mol. The molecule has 0 aliphatic carbocycles. The van der Waals surface area contributed by atoms with Gasteiger partial charge in [0.05, 0.1) is 0 Å². The summed E-state index contributed by atoms with van der Waals surface area (Å²) in [6.07, 6.45) is 6.08. The van der Waals surface area contributed by atoms with Crippen LogP contribution in [0.1, 0.15) is 18.4 Å². The van der Waals surface area contributed by atoms with E-state index in [1.165, 1.54) is 22.0 Å². The molecule has 3 nitrogen and oxygen atoms in total. The van der Waals surface area contributed by atoms with Crippen LogP contribution in [0.3, 0.4) is 0 Å². The Labute approximate surface area is 153 Å². The minimum atomic E-state index is 0.537. The van der Waals surface area contributed by atoms with E-state index in [1.807, 2.05) is 24.5 Å². The van der Waals surface area contributed by atoms with Crippen LogP contribution >= 0.6 is 11.6 Å². The van der Waals surface area contributed by atoms with Crippen molar-refractivity contribution in [2.45, 2.75) is 25.4 Å². The molecular weight excluding hydrogens is 330 g/mol. The van der Waals surface area contributed by atoms with Gasteiger partial charge in [-0.05, 0) is 54.1 Å². The number of benzene rings is 2. The van der Waals surface area contributed by atoms with E-state index >= 15 is 0 Å². The van der Waals surface area contributed by atoms with Crippen LogP contribution in [-0.4, -0.2) is 29.0 Å². The highest BCUT2D eigenvalue weighted by atomic mass is 35.5. The van der Waals surface area contributed by atoms with Crippen LogP contribution in [-0.2, 0) is 6.54 Å². The molecule has 0 radical (unpaired) electrons. The summed E-state index contributed by atoms with van der Waals surface area (Å²) in [6, 6.07) is 17.3. The van der Waals surface area contributed by atoms with Crippen molar-refractivity contribution in [3.8, 4) is 0 Å². The number of rotatable bonds is 4. The van der Waals surface area contributed by atoms with E-state index in [9.17, 15) is 0 Å². The van der Waals surface area contributed by atoms with Crippen LogP contribution in [0, 0.1) is 0 Å². The SMILES string of the molecule is Clc1cccc(CN2CCC(Nc3ccc4cnccc4c3)CC2)c1. The molecule has 2 aromatic carbocycles. The molecule has 3 aromatic rings.